The van der Waals surface area contributed by atoms with Gasteiger partial charge in [-0.05, 0) is 61.0 Å². The van der Waals surface area contributed by atoms with Crippen molar-refractivity contribution in [3.8, 4) is 0 Å². The van der Waals surface area contributed by atoms with Crippen LogP contribution in [0.4, 0.5) is 23.2 Å². The molecule has 0 aliphatic heterocycles. The number of alkyl halides is 3. The molecule has 0 unspecified atom stereocenters. The molecule has 2 N–H and O–H groups in total. The molecular formula is C19H17BrF4N2S. The molecule has 0 spiro atoms. The highest BCUT2D eigenvalue weighted by molar-refractivity contribution is 9.10. The monoisotopic (exact) mass is 460 g/mol. The first-order chi connectivity index (χ1) is 12.7. The Labute approximate surface area is 168 Å². The number of hydrogen-bond acceptors (Lipinski definition) is 1. The van der Waals surface area contributed by atoms with E-state index in [0.717, 1.165) is 18.9 Å². The molecule has 0 radical (unpaired) electrons. The van der Waals surface area contributed by atoms with Gasteiger partial charge in [-0.15, -0.1) is 0 Å². The summed E-state index contributed by atoms with van der Waals surface area (Å²) in [6.45, 7) is 0. The number of benzene rings is 2. The molecule has 0 heterocycles. The van der Waals surface area contributed by atoms with Gasteiger partial charge >= 0.3 is 6.18 Å². The normalized spacial score (nSPS) is 16.2. The lowest BCUT2D eigenvalue weighted by Gasteiger charge is -2.33. The fourth-order valence-electron chi connectivity index (χ4n) is 3.42. The first-order valence-corrected chi connectivity index (χ1v) is 9.62. The van der Waals surface area contributed by atoms with Gasteiger partial charge in [0.15, 0.2) is 5.11 Å². The minimum Gasteiger partial charge on any atom is -0.353 e. The van der Waals surface area contributed by atoms with Crippen molar-refractivity contribution in [2.75, 3.05) is 5.32 Å². The summed E-state index contributed by atoms with van der Waals surface area (Å²) >= 11 is 8.51. The Balaban J connectivity index is 1.84. The molecule has 27 heavy (non-hydrogen) atoms. The third-order valence-corrected chi connectivity index (χ3v) is 5.43. The highest BCUT2D eigenvalue weighted by Gasteiger charge is 2.38. The molecule has 1 saturated carbocycles. The number of hydrogen-bond donors (Lipinski definition) is 2. The molecule has 0 atom stereocenters. The zero-order chi connectivity index (χ0) is 19.7. The molecule has 144 valence electrons. The van der Waals surface area contributed by atoms with Gasteiger partial charge in [-0.25, -0.2) is 4.39 Å². The highest BCUT2D eigenvalue weighted by atomic mass is 79.9. The van der Waals surface area contributed by atoms with Gasteiger partial charge in [-0.1, -0.05) is 40.9 Å². The van der Waals surface area contributed by atoms with Crippen LogP contribution in [-0.4, -0.2) is 5.11 Å². The Morgan fingerprint density at radius 2 is 1.78 bits per heavy atom. The van der Waals surface area contributed by atoms with Crippen LogP contribution in [0, 0.1) is 5.82 Å². The van der Waals surface area contributed by atoms with Crippen molar-refractivity contribution >= 4 is 38.9 Å². The molecule has 3 rings (SSSR count). The maximum atomic E-state index is 14.0. The van der Waals surface area contributed by atoms with E-state index in [-0.39, 0.29) is 10.8 Å². The lowest BCUT2D eigenvalue weighted by molar-refractivity contribution is -0.137. The molecule has 0 amide bonds. The molecule has 0 saturated heterocycles. The van der Waals surface area contributed by atoms with Crippen LogP contribution in [0.5, 0.6) is 0 Å². The fourth-order valence-corrected chi connectivity index (χ4v) is 4.06. The zero-order valence-electron chi connectivity index (χ0n) is 14.2. The second-order valence-corrected chi connectivity index (χ2v) is 7.89. The highest BCUT2D eigenvalue weighted by Crippen LogP contribution is 2.41. The van der Waals surface area contributed by atoms with E-state index < -0.39 is 23.1 Å². The maximum absolute atomic E-state index is 14.0. The zero-order valence-corrected chi connectivity index (χ0v) is 16.6. The largest absolute Gasteiger partial charge is 0.416 e. The van der Waals surface area contributed by atoms with Gasteiger partial charge in [0.2, 0.25) is 0 Å². The first-order valence-electron chi connectivity index (χ1n) is 8.42. The average Bonchev–Trinajstić information content (AvgIpc) is 3.06. The number of nitrogens with one attached hydrogen (secondary N) is 2. The van der Waals surface area contributed by atoms with Crippen LogP contribution in [0.3, 0.4) is 0 Å². The molecule has 1 aliphatic rings. The second-order valence-electron chi connectivity index (χ2n) is 6.57. The minimum atomic E-state index is -4.41. The smallest absolute Gasteiger partial charge is 0.353 e. The summed E-state index contributed by atoms with van der Waals surface area (Å²) in [5.74, 6) is -0.479. The Kier molecular flexibility index (Phi) is 5.76. The SMILES string of the molecule is Fc1cc(Br)ccc1NC(=S)NC1(c2cccc(C(F)(F)F)c2)CCCC1. The molecule has 2 aromatic rings. The first kappa shape index (κ1) is 20.1. The van der Waals surface area contributed by atoms with Crippen LogP contribution in [0.1, 0.15) is 36.8 Å². The summed E-state index contributed by atoms with van der Waals surface area (Å²) in [7, 11) is 0. The molecule has 8 heteroatoms. The van der Waals surface area contributed by atoms with Gasteiger partial charge in [0.25, 0.3) is 0 Å². The number of halogens is 5. The van der Waals surface area contributed by atoms with Crippen LogP contribution in [0.15, 0.2) is 46.9 Å². The number of thiocarbonyl (C=S) groups is 1. The van der Waals surface area contributed by atoms with Gasteiger partial charge in [0.05, 0.1) is 16.8 Å². The van der Waals surface area contributed by atoms with Crippen molar-refractivity contribution in [2.24, 2.45) is 0 Å². The van der Waals surface area contributed by atoms with Crippen molar-refractivity contribution in [1.29, 1.82) is 0 Å². The Bertz CT molecular complexity index is 848. The third kappa shape index (κ3) is 4.60. The quantitative estimate of drug-likeness (QED) is 0.411. The van der Waals surface area contributed by atoms with Crippen LogP contribution in [0.25, 0.3) is 0 Å². The van der Waals surface area contributed by atoms with E-state index in [0.29, 0.717) is 22.9 Å². The van der Waals surface area contributed by atoms with Gasteiger partial charge in [0, 0.05) is 4.47 Å². The van der Waals surface area contributed by atoms with Crippen molar-refractivity contribution in [2.45, 2.75) is 37.4 Å². The van der Waals surface area contributed by atoms with E-state index in [2.05, 4.69) is 26.6 Å². The van der Waals surface area contributed by atoms with Gasteiger partial charge < -0.3 is 10.6 Å². The number of anilines is 1. The number of rotatable bonds is 3. The van der Waals surface area contributed by atoms with Crippen LogP contribution in [-0.2, 0) is 11.7 Å². The van der Waals surface area contributed by atoms with Crippen molar-refractivity contribution in [3.63, 3.8) is 0 Å². The summed E-state index contributed by atoms with van der Waals surface area (Å²) in [6.07, 6.45) is -1.36. The Morgan fingerprint density at radius 3 is 2.41 bits per heavy atom. The molecular weight excluding hydrogens is 444 g/mol. The topological polar surface area (TPSA) is 24.1 Å². The van der Waals surface area contributed by atoms with Gasteiger partial charge in [0.1, 0.15) is 5.82 Å². The van der Waals surface area contributed by atoms with Crippen LogP contribution in [0.2, 0.25) is 0 Å². The lowest BCUT2D eigenvalue weighted by Crippen LogP contribution is -2.45. The standard InChI is InChI=1S/C19H17BrF4N2S/c20-14-6-7-16(15(21)11-14)25-17(27)26-18(8-1-2-9-18)12-4-3-5-13(10-12)19(22,23)24/h3-7,10-11H,1-2,8-9H2,(H2,25,26,27). The maximum Gasteiger partial charge on any atom is 0.416 e. The van der Waals surface area contributed by atoms with E-state index in [9.17, 15) is 17.6 Å². The lowest BCUT2D eigenvalue weighted by atomic mass is 9.87. The van der Waals surface area contributed by atoms with Crippen LogP contribution >= 0.6 is 28.1 Å². The molecule has 0 aromatic heterocycles. The van der Waals surface area contributed by atoms with Crippen molar-refractivity contribution in [3.05, 3.63) is 63.9 Å². The van der Waals surface area contributed by atoms with Crippen LogP contribution < -0.4 is 10.6 Å². The molecule has 2 aromatic carbocycles. The predicted octanol–water partition coefficient (Wildman–Crippen LogP) is 6.36. The van der Waals surface area contributed by atoms with Gasteiger partial charge in [-0.3, -0.25) is 0 Å². The van der Waals surface area contributed by atoms with Crippen molar-refractivity contribution < 1.29 is 17.6 Å². The van der Waals surface area contributed by atoms with E-state index in [1.165, 1.54) is 18.2 Å². The minimum absolute atomic E-state index is 0.176. The summed E-state index contributed by atoms with van der Waals surface area (Å²) in [5.41, 5.74) is -0.647. The molecule has 1 aliphatic carbocycles. The third-order valence-electron chi connectivity index (χ3n) is 4.73. The Morgan fingerprint density at radius 1 is 1.07 bits per heavy atom. The summed E-state index contributed by atoms with van der Waals surface area (Å²) in [5, 5.41) is 6.13. The average molecular weight is 461 g/mol. The Hall–Kier alpha value is -1.67. The van der Waals surface area contributed by atoms with E-state index >= 15 is 0 Å². The van der Waals surface area contributed by atoms with E-state index in [4.69, 9.17) is 12.2 Å². The molecule has 2 nitrogen and oxygen atoms in total. The fraction of sp³-hybridized carbons (Fsp3) is 0.316. The second kappa shape index (κ2) is 7.75. The van der Waals surface area contributed by atoms with E-state index in [1.54, 1.807) is 18.2 Å². The molecule has 1 fully saturated rings. The van der Waals surface area contributed by atoms with Gasteiger partial charge in [-0.2, -0.15) is 13.2 Å². The molecule has 0 bridgehead atoms. The van der Waals surface area contributed by atoms with E-state index in [1.807, 2.05) is 0 Å². The summed E-state index contributed by atoms with van der Waals surface area (Å²) in [4.78, 5) is 0. The predicted molar refractivity (Wildman–Crippen MR) is 105 cm³/mol. The summed E-state index contributed by atoms with van der Waals surface area (Å²) in [6, 6.07) is 9.83. The summed E-state index contributed by atoms with van der Waals surface area (Å²) < 4.78 is 53.9. The van der Waals surface area contributed by atoms with Crippen molar-refractivity contribution in [1.82, 2.24) is 5.32 Å².